The molecule has 0 amide bonds. The Hall–Kier alpha value is -3.81. The van der Waals surface area contributed by atoms with Gasteiger partial charge in [0.05, 0.1) is 31.0 Å². The van der Waals surface area contributed by atoms with E-state index in [2.05, 4.69) is 0 Å². The van der Waals surface area contributed by atoms with E-state index in [4.69, 9.17) is 14.2 Å². The molecular formula is C23H24N2O6. The first-order chi connectivity index (χ1) is 14.7. The molecule has 0 unspecified atom stereocenters. The molecule has 0 radical (unpaired) electrons. The average molecular weight is 424 g/mol. The maximum atomic E-state index is 12.7. The molecule has 1 aromatic heterocycles. The maximum absolute atomic E-state index is 12.7. The molecule has 2 aromatic rings. The quantitative estimate of drug-likeness (QED) is 0.545. The predicted octanol–water partition coefficient (Wildman–Crippen LogP) is 3.91. The van der Waals surface area contributed by atoms with Gasteiger partial charge in [-0.15, -0.1) is 0 Å². The minimum absolute atomic E-state index is 0.00290. The van der Waals surface area contributed by atoms with E-state index in [1.54, 1.807) is 74.5 Å². The van der Waals surface area contributed by atoms with E-state index >= 15 is 0 Å². The summed E-state index contributed by atoms with van der Waals surface area (Å²) >= 11 is 0. The summed E-state index contributed by atoms with van der Waals surface area (Å²) in [4.78, 5) is 39.2. The van der Waals surface area contributed by atoms with Crippen LogP contribution in [0.5, 0.6) is 0 Å². The normalized spacial score (nSPS) is 13.9. The minimum Gasteiger partial charge on any atom is -0.465 e. The number of hydrogen-bond acceptors (Lipinski definition) is 7. The van der Waals surface area contributed by atoms with Crippen molar-refractivity contribution in [3.63, 3.8) is 0 Å². The SMILES string of the molecule is COC(=O)C1=C(C(=O)OC)N(c2cccc3c2ccn3C(=O)OC(C)(C)C)C=CC=C1. The second-order valence-corrected chi connectivity index (χ2v) is 7.69. The van der Waals surface area contributed by atoms with Gasteiger partial charge in [0.2, 0.25) is 0 Å². The molecule has 0 N–H and O–H groups in total. The minimum atomic E-state index is -0.708. The van der Waals surface area contributed by atoms with Crippen LogP contribution in [0.3, 0.4) is 0 Å². The van der Waals surface area contributed by atoms with Crippen molar-refractivity contribution in [2.24, 2.45) is 0 Å². The Balaban J connectivity index is 2.19. The zero-order valence-corrected chi connectivity index (χ0v) is 18.0. The summed E-state index contributed by atoms with van der Waals surface area (Å²) in [5.74, 6) is -1.39. The number of aromatic nitrogens is 1. The summed E-state index contributed by atoms with van der Waals surface area (Å²) in [6, 6.07) is 7.03. The fourth-order valence-corrected chi connectivity index (χ4v) is 3.18. The first-order valence-corrected chi connectivity index (χ1v) is 9.56. The lowest BCUT2D eigenvalue weighted by Crippen LogP contribution is -2.27. The fraction of sp³-hybridized carbons (Fsp3) is 0.261. The summed E-state index contributed by atoms with van der Waals surface area (Å²) in [6.07, 6.45) is 7.51. The van der Waals surface area contributed by atoms with Crippen molar-refractivity contribution < 1.29 is 28.6 Å². The Morgan fingerprint density at radius 3 is 2.29 bits per heavy atom. The van der Waals surface area contributed by atoms with E-state index < -0.39 is 23.6 Å². The van der Waals surface area contributed by atoms with E-state index in [-0.39, 0.29) is 11.3 Å². The van der Waals surface area contributed by atoms with Gasteiger partial charge in [-0.2, -0.15) is 0 Å². The first kappa shape index (κ1) is 21.9. The van der Waals surface area contributed by atoms with Gasteiger partial charge in [0.15, 0.2) is 0 Å². The molecule has 0 saturated heterocycles. The van der Waals surface area contributed by atoms with Gasteiger partial charge in [0.1, 0.15) is 11.3 Å². The number of benzene rings is 1. The van der Waals surface area contributed by atoms with E-state index in [9.17, 15) is 14.4 Å². The molecule has 3 rings (SSSR count). The molecular weight excluding hydrogens is 400 g/mol. The van der Waals surface area contributed by atoms with Crippen LogP contribution in [0.25, 0.3) is 10.9 Å². The van der Waals surface area contributed by atoms with Crippen LogP contribution >= 0.6 is 0 Å². The Morgan fingerprint density at radius 1 is 0.935 bits per heavy atom. The zero-order valence-electron chi connectivity index (χ0n) is 18.0. The summed E-state index contributed by atoms with van der Waals surface area (Å²) in [5.41, 5.74) is 0.545. The van der Waals surface area contributed by atoms with Gasteiger partial charge in [-0.3, -0.25) is 4.57 Å². The average Bonchev–Trinajstić information content (AvgIpc) is 3.04. The predicted molar refractivity (Wildman–Crippen MR) is 115 cm³/mol. The molecule has 1 aromatic carbocycles. The molecule has 0 spiro atoms. The Kier molecular flexibility index (Phi) is 6.01. The van der Waals surface area contributed by atoms with E-state index in [1.165, 1.54) is 24.9 Å². The van der Waals surface area contributed by atoms with Gasteiger partial charge in [-0.1, -0.05) is 12.1 Å². The zero-order chi connectivity index (χ0) is 22.8. The Morgan fingerprint density at radius 2 is 1.65 bits per heavy atom. The third-order valence-electron chi connectivity index (χ3n) is 4.45. The molecule has 1 aliphatic heterocycles. The van der Waals surface area contributed by atoms with Crippen LogP contribution in [-0.2, 0) is 23.8 Å². The van der Waals surface area contributed by atoms with Crippen LogP contribution < -0.4 is 4.90 Å². The van der Waals surface area contributed by atoms with Gasteiger partial charge in [-0.05, 0) is 51.1 Å². The molecule has 2 heterocycles. The molecule has 0 saturated carbocycles. The Labute approximate surface area is 180 Å². The van der Waals surface area contributed by atoms with Gasteiger partial charge in [0.25, 0.3) is 0 Å². The van der Waals surface area contributed by atoms with E-state index in [0.717, 1.165) is 0 Å². The third-order valence-corrected chi connectivity index (χ3v) is 4.45. The van der Waals surface area contributed by atoms with Crippen LogP contribution in [-0.4, -0.2) is 42.4 Å². The Bertz CT molecular complexity index is 1130. The van der Waals surface area contributed by atoms with Crippen molar-refractivity contribution >= 4 is 34.6 Å². The summed E-state index contributed by atoms with van der Waals surface area (Å²) in [5, 5.41) is 0.672. The topological polar surface area (TPSA) is 87.1 Å². The highest BCUT2D eigenvalue weighted by atomic mass is 16.6. The second kappa shape index (κ2) is 8.51. The highest BCUT2D eigenvalue weighted by Gasteiger charge is 2.29. The van der Waals surface area contributed by atoms with E-state index in [0.29, 0.717) is 16.6 Å². The van der Waals surface area contributed by atoms with Crippen LogP contribution in [0.15, 0.2) is 66.2 Å². The number of hydrogen-bond donors (Lipinski definition) is 0. The van der Waals surface area contributed by atoms with Crippen molar-refractivity contribution in [1.29, 1.82) is 0 Å². The lowest BCUT2D eigenvalue weighted by atomic mass is 10.1. The number of fused-ring (bicyclic) bond motifs is 1. The highest BCUT2D eigenvalue weighted by Crippen LogP contribution is 2.33. The maximum Gasteiger partial charge on any atom is 0.418 e. The smallest absolute Gasteiger partial charge is 0.418 e. The van der Waals surface area contributed by atoms with Crippen molar-refractivity contribution in [2.75, 3.05) is 19.1 Å². The standard InChI is InChI=1S/C23H24N2O6/c1-23(2,3)31-22(28)25-14-12-15-17(10-8-11-18(15)25)24-13-7-6-9-16(20(26)29-4)19(24)21(27)30-5/h6-14H,1-5H3. The monoisotopic (exact) mass is 424 g/mol. The number of allylic oxidation sites excluding steroid dienone is 2. The van der Waals surface area contributed by atoms with Crippen molar-refractivity contribution in [2.45, 2.75) is 26.4 Å². The molecule has 0 aliphatic carbocycles. The van der Waals surface area contributed by atoms with Crippen LogP contribution in [0.2, 0.25) is 0 Å². The van der Waals surface area contributed by atoms with Gasteiger partial charge >= 0.3 is 18.0 Å². The summed E-state index contributed by atoms with van der Waals surface area (Å²) in [6.45, 7) is 5.37. The molecule has 31 heavy (non-hydrogen) atoms. The molecule has 1 aliphatic rings. The summed E-state index contributed by atoms with van der Waals surface area (Å²) < 4.78 is 16.7. The van der Waals surface area contributed by atoms with Crippen LogP contribution in [0.4, 0.5) is 10.5 Å². The fourth-order valence-electron chi connectivity index (χ4n) is 3.18. The molecule has 0 fully saturated rings. The van der Waals surface area contributed by atoms with E-state index in [1.807, 2.05) is 0 Å². The van der Waals surface area contributed by atoms with Crippen LogP contribution in [0.1, 0.15) is 20.8 Å². The third kappa shape index (κ3) is 4.37. The first-order valence-electron chi connectivity index (χ1n) is 9.56. The highest BCUT2D eigenvalue weighted by molar-refractivity contribution is 6.08. The number of nitrogens with zero attached hydrogens (tertiary/aromatic N) is 2. The van der Waals surface area contributed by atoms with Crippen molar-refractivity contribution in [3.05, 3.63) is 66.2 Å². The van der Waals surface area contributed by atoms with Crippen LogP contribution in [0, 0.1) is 0 Å². The van der Waals surface area contributed by atoms with Gasteiger partial charge < -0.3 is 19.1 Å². The number of rotatable bonds is 3. The second-order valence-electron chi connectivity index (χ2n) is 7.69. The van der Waals surface area contributed by atoms with Crippen molar-refractivity contribution in [1.82, 2.24) is 4.57 Å². The number of esters is 2. The number of methoxy groups -OCH3 is 2. The lowest BCUT2D eigenvalue weighted by Gasteiger charge is -2.24. The lowest BCUT2D eigenvalue weighted by molar-refractivity contribution is -0.139. The van der Waals surface area contributed by atoms with Crippen molar-refractivity contribution in [3.8, 4) is 0 Å². The molecule has 8 nitrogen and oxygen atoms in total. The number of carbonyl (C=O) groups excluding carboxylic acids is 3. The molecule has 0 atom stereocenters. The van der Waals surface area contributed by atoms with Gasteiger partial charge in [-0.25, -0.2) is 14.4 Å². The molecule has 8 heteroatoms. The number of ether oxygens (including phenoxy) is 3. The number of anilines is 1. The largest absolute Gasteiger partial charge is 0.465 e. The molecule has 0 bridgehead atoms. The number of carbonyl (C=O) groups is 3. The summed E-state index contributed by atoms with van der Waals surface area (Å²) in [7, 11) is 2.47. The van der Waals surface area contributed by atoms with Gasteiger partial charge in [0, 0.05) is 17.8 Å². The molecule has 162 valence electrons.